The minimum absolute atomic E-state index is 0.289. The lowest BCUT2D eigenvalue weighted by Crippen LogP contribution is -2.47. The molecule has 3 aromatic rings. The maximum atomic E-state index is 13.4. The molecule has 0 unspecified atom stereocenters. The largest absolute Gasteiger partial charge is 0.479 e. The molecule has 2 N–H and O–H groups in total. The van der Waals surface area contributed by atoms with Crippen LogP contribution in [0.2, 0.25) is 0 Å². The third-order valence-corrected chi connectivity index (χ3v) is 6.10. The van der Waals surface area contributed by atoms with Crippen molar-refractivity contribution in [3.05, 3.63) is 41.5 Å². The van der Waals surface area contributed by atoms with Crippen molar-refractivity contribution in [2.24, 2.45) is 0 Å². The number of nitrogens with one attached hydrogen (secondary N) is 2. The Hall–Kier alpha value is -3.55. The van der Waals surface area contributed by atoms with Crippen LogP contribution >= 0.6 is 11.3 Å². The van der Waals surface area contributed by atoms with E-state index < -0.39 is 23.5 Å². The van der Waals surface area contributed by atoms with Crippen molar-refractivity contribution in [3.8, 4) is 5.88 Å². The highest BCUT2D eigenvalue weighted by Crippen LogP contribution is 2.32. The Kier molecular flexibility index (Phi) is 6.50. The van der Waals surface area contributed by atoms with Crippen LogP contribution in [0, 0.1) is 5.82 Å². The fraction of sp³-hybridized carbons (Fsp3) is 0.350. The topological polar surface area (TPSA) is 109 Å². The first kappa shape index (κ1) is 23.6. The minimum atomic E-state index is -4.90. The number of fused-ring (bicyclic) bond motifs is 1. The number of alkyl halides is 3. The van der Waals surface area contributed by atoms with Gasteiger partial charge in [0, 0.05) is 24.7 Å². The molecule has 34 heavy (non-hydrogen) atoms. The molecule has 1 fully saturated rings. The van der Waals surface area contributed by atoms with Gasteiger partial charge in [-0.25, -0.2) is 19.2 Å². The molecule has 9 nitrogen and oxygen atoms in total. The van der Waals surface area contributed by atoms with Crippen LogP contribution in [-0.4, -0.2) is 58.0 Å². The van der Waals surface area contributed by atoms with Crippen LogP contribution in [0.5, 0.6) is 5.88 Å². The molecular formula is C20H18F4N6O3S. The molecule has 3 amide bonds. The first-order chi connectivity index (χ1) is 16.2. The summed E-state index contributed by atoms with van der Waals surface area (Å²) in [6.45, 7) is 0.615. The van der Waals surface area contributed by atoms with E-state index in [1.54, 1.807) is 0 Å². The quantitative estimate of drug-likeness (QED) is 0.532. The van der Waals surface area contributed by atoms with Crippen molar-refractivity contribution < 1.29 is 31.9 Å². The Balaban J connectivity index is 1.33. The van der Waals surface area contributed by atoms with Crippen LogP contribution in [0.1, 0.15) is 28.8 Å². The third kappa shape index (κ3) is 5.00. The number of thiazole rings is 1. The summed E-state index contributed by atoms with van der Waals surface area (Å²) >= 11 is 1.16. The van der Waals surface area contributed by atoms with Gasteiger partial charge in [0.1, 0.15) is 12.1 Å². The summed E-state index contributed by atoms with van der Waals surface area (Å²) in [5, 5.41) is 5.67. The van der Waals surface area contributed by atoms with Crippen LogP contribution in [0.3, 0.4) is 0 Å². The van der Waals surface area contributed by atoms with E-state index in [9.17, 15) is 27.2 Å². The van der Waals surface area contributed by atoms with E-state index >= 15 is 0 Å². The van der Waals surface area contributed by atoms with Gasteiger partial charge in [-0.1, -0.05) is 11.3 Å². The van der Waals surface area contributed by atoms with Crippen LogP contribution < -0.4 is 15.4 Å². The molecule has 1 aromatic carbocycles. The summed E-state index contributed by atoms with van der Waals surface area (Å²) < 4.78 is 57.3. The third-order valence-electron chi connectivity index (χ3n) is 5.22. The Labute approximate surface area is 194 Å². The summed E-state index contributed by atoms with van der Waals surface area (Å²) in [6, 6.07) is 1.38. The second-order valence-corrected chi connectivity index (χ2v) is 8.39. The maximum absolute atomic E-state index is 13.4. The van der Waals surface area contributed by atoms with Crippen molar-refractivity contribution in [1.82, 2.24) is 25.2 Å². The highest BCUT2D eigenvalue weighted by Gasteiger charge is 2.35. The first-order valence-corrected chi connectivity index (χ1v) is 10.9. The van der Waals surface area contributed by atoms with E-state index in [0.29, 0.717) is 59.4 Å². The summed E-state index contributed by atoms with van der Waals surface area (Å²) in [7, 11) is 1.45. The van der Waals surface area contributed by atoms with Crippen molar-refractivity contribution in [2.45, 2.75) is 25.1 Å². The first-order valence-electron chi connectivity index (χ1n) is 10.0. The number of aromatic nitrogens is 3. The average Bonchev–Trinajstić information content (AvgIpc) is 3.21. The second kappa shape index (κ2) is 9.37. The van der Waals surface area contributed by atoms with Gasteiger partial charge in [0.2, 0.25) is 5.88 Å². The predicted molar refractivity (Wildman–Crippen MR) is 114 cm³/mol. The number of ether oxygens (including phenoxy) is 1. The number of piperidine rings is 1. The molecule has 0 saturated carbocycles. The number of likely N-dealkylation sites (tertiary alicyclic amines) is 1. The van der Waals surface area contributed by atoms with E-state index in [1.165, 1.54) is 18.3 Å². The fourth-order valence-electron chi connectivity index (χ4n) is 3.49. The average molecular weight is 498 g/mol. The van der Waals surface area contributed by atoms with Crippen molar-refractivity contribution in [1.29, 1.82) is 0 Å². The van der Waals surface area contributed by atoms with Gasteiger partial charge < -0.3 is 15.0 Å². The zero-order valence-corrected chi connectivity index (χ0v) is 18.5. The van der Waals surface area contributed by atoms with Gasteiger partial charge in [0.15, 0.2) is 15.5 Å². The number of anilines is 1. The van der Waals surface area contributed by atoms with E-state index in [4.69, 9.17) is 4.74 Å². The Morgan fingerprint density at radius 1 is 1.21 bits per heavy atom. The Morgan fingerprint density at radius 3 is 2.62 bits per heavy atom. The SMILES string of the molecule is COc1ncnc2sc(NC(=O)N3CCC(NC(=O)c4ccc(F)c(C(F)(F)F)c4)CC3)nc12. The number of benzene rings is 1. The summed E-state index contributed by atoms with van der Waals surface area (Å²) in [4.78, 5) is 39.4. The number of hydrogen-bond acceptors (Lipinski definition) is 7. The Bertz CT molecular complexity index is 1230. The molecular weight excluding hydrogens is 480 g/mol. The molecule has 0 aliphatic carbocycles. The number of rotatable bonds is 4. The molecule has 2 aromatic heterocycles. The highest BCUT2D eigenvalue weighted by molar-refractivity contribution is 7.22. The molecule has 1 aliphatic heterocycles. The number of amides is 3. The number of halogens is 4. The maximum Gasteiger partial charge on any atom is 0.419 e. The number of nitrogens with zero attached hydrogens (tertiary/aromatic N) is 4. The molecule has 4 rings (SSSR count). The van der Waals surface area contributed by atoms with Gasteiger partial charge in [-0.15, -0.1) is 0 Å². The van der Waals surface area contributed by atoms with Gasteiger partial charge >= 0.3 is 12.2 Å². The van der Waals surface area contributed by atoms with Gasteiger partial charge in [-0.3, -0.25) is 10.1 Å². The molecule has 1 aliphatic rings. The fourth-order valence-corrected chi connectivity index (χ4v) is 4.27. The van der Waals surface area contributed by atoms with Gasteiger partial charge in [0.05, 0.1) is 12.7 Å². The lowest BCUT2D eigenvalue weighted by molar-refractivity contribution is -0.140. The number of carbonyl (C=O) groups excluding carboxylic acids is 2. The van der Waals surface area contributed by atoms with E-state index in [-0.39, 0.29) is 17.6 Å². The molecule has 1 saturated heterocycles. The predicted octanol–water partition coefficient (Wildman–Crippen LogP) is 3.68. The molecule has 180 valence electrons. The van der Waals surface area contributed by atoms with Gasteiger partial charge in [0.25, 0.3) is 5.91 Å². The van der Waals surface area contributed by atoms with Gasteiger partial charge in [-0.2, -0.15) is 18.2 Å². The molecule has 3 heterocycles. The zero-order chi connectivity index (χ0) is 24.5. The summed E-state index contributed by atoms with van der Waals surface area (Å²) in [5.74, 6) is -1.89. The smallest absolute Gasteiger partial charge is 0.419 e. The second-order valence-electron chi connectivity index (χ2n) is 7.41. The summed E-state index contributed by atoms with van der Waals surface area (Å²) in [6.07, 6.45) is -2.78. The lowest BCUT2D eigenvalue weighted by atomic mass is 10.0. The van der Waals surface area contributed by atoms with Crippen LogP contribution in [0.15, 0.2) is 24.5 Å². The summed E-state index contributed by atoms with van der Waals surface area (Å²) in [5.41, 5.74) is -1.35. The van der Waals surface area contributed by atoms with Crippen molar-refractivity contribution in [3.63, 3.8) is 0 Å². The number of urea groups is 1. The Morgan fingerprint density at radius 2 is 1.94 bits per heavy atom. The number of methoxy groups -OCH3 is 1. The number of carbonyl (C=O) groups is 2. The highest BCUT2D eigenvalue weighted by atomic mass is 32.1. The monoisotopic (exact) mass is 498 g/mol. The minimum Gasteiger partial charge on any atom is -0.479 e. The van der Waals surface area contributed by atoms with E-state index in [2.05, 4.69) is 25.6 Å². The van der Waals surface area contributed by atoms with Crippen LogP contribution in [0.25, 0.3) is 10.3 Å². The van der Waals surface area contributed by atoms with Crippen LogP contribution in [0.4, 0.5) is 27.5 Å². The lowest BCUT2D eigenvalue weighted by Gasteiger charge is -2.32. The normalized spacial score (nSPS) is 14.8. The zero-order valence-electron chi connectivity index (χ0n) is 17.6. The molecule has 0 radical (unpaired) electrons. The molecule has 0 bridgehead atoms. The van der Waals surface area contributed by atoms with E-state index in [1.807, 2.05) is 0 Å². The standard InChI is InChI=1S/C20H18F4N6O3S/c1-33-16-14-17(26-9-25-16)34-18(28-14)29-19(32)30-6-4-11(5-7-30)27-15(31)10-2-3-13(21)12(8-10)20(22,23)24/h2-3,8-9,11H,4-7H2,1H3,(H,27,31)(H,28,29,32). The molecule has 0 atom stereocenters. The van der Waals surface area contributed by atoms with Crippen LogP contribution in [-0.2, 0) is 6.18 Å². The molecule has 0 spiro atoms. The number of hydrogen-bond donors (Lipinski definition) is 2. The van der Waals surface area contributed by atoms with E-state index in [0.717, 1.165) is 17.4 Å². The van der Waals surface area contributed by atoms with Crippen molar-refractivity contribution >= 4 is 38.8 Å². The van der Waals surface area contributed by atoms with Gasteiger partial charge in [-0.05, 0) is 31.0 Å². The molecule has 14 heteroatoms. The van der Waals surface area contributed by atoms with Crippen molar-refractivity contribution in [2.75, 3.05) is 25.5 Å².